The van der Waals surface area contributed by atoms with Crippen LogP contribution in [0.1, 0.15) is 89.3 Å². The zero-order valence-electron chi connectivity index (χ0n) is 25.5. The molecule has 42 heavy (non-hydrogen) atoms. The Kier molecular flexibility index (Phi) is 8.63. The number of carbonyl (C=O) groups excluding carboxylic acids is 2. The Morgan fingerprint density at radius 1 is 1.17 bits per heavy atom. The third-order valence-corrected chi connectivity index (χ3v) is 9.54. The maximum absolute atomic E-state index is 13.8. The molecule has 1 N–H and O–H groups in total. The van der Waals surface area contributed by atoms with Gasteiger partial charge in [-0.15, -0.1) is 0 Å². The Balaban J connectivity index is 1.46. The Hall–Kier alpha value is -3.42. The van der Waals surface area contributed by atoms with E-state index in [2.05, 4.69) is 19.9 Å². The van der Waals surface area contributed by atoms with Crippen LogP contribution >= 0.6 is 0 Å². The third-order valence-electron chi connectivity index (χ3n) is 9.54. The lowest BCUT2D eigenvalue weighted by Gasteiger charge is -2.27. The highest BCUT2D eigenvalue weighted by Gasteiger charge is 2.61. The molecule has 1 amide bonds. The maximum Gasteiger partial charge on any atom is 0.310 e. The normalized spacial score (nSPS) is 29.4. The van der Waals surface area contributed by atoms with E-state index in [-0.39, 0.29) is 35.9 Å². The van der Waals surface area contributed by atoms with E-state index in [0.717, 1.165) is 60.0 Å². The van der Waals surface area contributed by atoms with Gasteiger partial charge in [-0.3, -0.25) is 19.4 Å². The number of aromatic nitrogens is 1. The van der Waals surface area contributed by atoms with Gasteiger partial charge in [0.05, 0.1) is 30.6 Å². The number of allylic oxidation sites excluding steroid dienone is 2. The van der Waals surface area contributed by atoms with E-state index in [1.807, 2.05) is 38.1 Å². The predicted molar refractivity (Wildman–Crippen MR) is 161 cm³/mol. The van der Waals surface area contributed by atoms with E-state index in [9.17, 15) is 19.5 Å². The van der Waals surface area contributed by atoms with Crippen molar-refractivity contribution in [3.8, 4) is 11.5 Å². The summed E-state index contributed by atoms with van der Waals surface area (Å²) >= 11 is 0. The molecule has 0 radical (unpaired) electrons. The molecule has 2 aliphatic heterocycles. The molecule has 5 atom stereocenters. The number of fused-ring (bicyclic) bond motifs is 3. The first-order valence-electron chi connectivity index (χ1n) is 15.4. The second kappa shape index (κ2) is 12.1. The van der Waals surface area contributed by atoms with Crippen molar-refractivity contribution in [1.29, 1.82) is 0 Å². The van der Waals surface area contributed by atoms with Crippen LogP contribution in [0, 0.1) is 24.2 Å². The quantitative estimate of drug-likeness (QED) is 0.421. The molecule has 2 aromatic rings. The highest BCUT2D eigenvalue weighted by molar-refractivity contribution is 5.95. The molecule has 2 fully saturated rings. The fourth-order valence-electron chi connectivity index (χ4n) is 6.72. The monoisotopic (exact) mass is 576 g/mol. The maximum atomic E-state index is 13.8. The zero-order valence-corrected chi connectivity index (χ0v) is 25.5. The van der Waals surface area contributed by atoms with E-state index < -0.39 is 23.5 Å². The van der Waals surface area contributed by atoms with Gasteiger partial charge in [-0.1, -0.05) is 45.8 Å². The van der Waals surface area contributed by atoms with Gasteiger partial charge in [0.15, 0.2) is 5.78 Å². The number of ketones is 1. The molecule has 8 nitrogen and oxygen atoms in total. The molecule has 5 rings (SSSR count). The van der Waals surface area contributed by atoms with E-state index in [0.29, 0.717) is 25.1 Å². The molecule has 0 bridgehead atoms. The van der Waals surface area contributed by atoms with Gasteiger partial charge < -0.3 is 19.5 Å². The van der Waals surface area contributed by atoms with Gasteiger partial charge in [0, 0.05) is 41.5 Å². The summed E-state index contributed by atoms with van der Waals surface area (Å²) in [6.07, 6.45) is 9.02. The Morgan fingerprint density at radius 2 is 1.95 bits per heavy atom. The molecule has 0 unspecified atom stereocenters. The molecule has 3 heterocycles. The van der Waals surface area contributed by atoms with E-state index in [4.69, 9.17) is 14.5 Å². The lowest BCUT2D eigenvalue weighted by Crippen LogP contribution is -2.44. The van der Waals surface area contributed by atoms with Crippen molar-refractivity contribution >= 4 is 28.6 Å². The lowest BCUT2D eigenvalue weighted by atomic mass is 9.91. The highest BCUT2D eigenvalue weighted by atomic mass is 16.5. The van der Waals surface area contributed by atoms with Gasteiger partial charge in [-0.2, -0.15) is 0 Å². The Labute approximate surface area is 248 Å². The number of hydrogen-bond acceptors (Lipinski definition) is 6. The number of benzene rings is 1. The van der Waals surface area contributed by atoms with Crippen molar-refractivity contribution in [2.24, 2.45) is 17.3 Å². The molecule has 1 saturated carbocycles. The average molecular weight is 577 g/mol. The van der Waals surface area contributed by atoms with Gasteiger partial charge in [-0.25, -0.2) is 0 Å². The van der Waals surface area contributed by atoms with Crippen LogP contribution in [0.4, 0.5) is 0 Å². The second-order valence-corrected chi connectivity index (χ2v) is 12.9. The molecular formula is C34H44N2O6. The van der Waals surface area contributed by atoms with Crippen molar-refractivity contribution < 1.29 is 29.0 Å². The Morgan fingerprint density at radius 3 is 2.67 bits per heavy atom. The predicted octanol–water partition coefficient (Wildman–Crippen LogP) is 6.23. The molecule has 1 aliphatic carbocycles. The summed E-state index contributed by atoms with van der Waals surface area (Å²) in [5, 5.41) is 11.0. The van der Waals surface area contributed by atoms with Crippen LogP contribution in [0.2, 0.25) is 0 Å². The summed E-state index contributed by atoms with van der Waals surface area (Å²) in [4.78, 5) is 46.5. The number of pyridine rings is 1. The first-order valence-corrected chi connectivity index (χ1v) is 15.4. The number of rotatable bonds is 5. The first-order chi connectivity index (χ1) is 20.1. The van der Waals surface area contributed by atoms with E-state index in [1.165, 1.54) is 0 Å². The Bertz CT molecular complexity index is 1400. The topological polar surface area (TPSA) is 106 Å². The van der Waals surface area contributed by atoms with Crippen molar-refractivity contribution in [3.05, 3.63) is 41.6 Å². The van der Waals surface area contributed by atoms with Crippen LogP contribution in [-0.2, 0) is 14.4 Å². The van der Waals surface area contributed by atoms with Crippen LogP contribution < -0.4 is 9.47 Å². The zero-order chi connectivity index (χ0) is 30.2. The number of nitrogens with zero attached hydrogens (tertiary/aromatic N) is 2. The van der Waals surface area contributed by atoms with Crippen LogP contribution in [0.3, 0.4) is 0 Å². The van der Waals surface area contributed by atoms with Gasteiger partial charge in [0.1, 0.15) is 17.6 Å². The number of aryl methyl sites for hydroxylation is 1. The van der Waals surface area contributed by atoms with Crippen LogP contribution in [-0.4, -0.2) is 58.5 Å². The number of carboxylic acid groups (broad SMARTS) is 1. The van der Waals surface area contributed by atoms with E-state index in [1.54, 1.807) is 12.0 Å². The number of carboxylic acids is 1. The minimum Gasteiger partial charge on any atom is -0.496 e. The number of aliphatic carboxylic acids is 1. The summed E-state index contributed by atoms with van der Waals surface area (Å²) in [6, 6.07) is 5.11. The van der Waals surface area contributed by atoms with Crippen molar-refractivity contribution in [2.45, 2.75) is 97.1 Å². The van der Waals surface area contributed by atoms with Gasteiger partial charge >= 0.3 is 5.97 Å². The summed E-state index contributed by atoms with van der Waals surface area (Å²) in [6.45, 7) is 8.37. The molecule has 226 valence electrons. The smallest absolute Gasteiger partial charge is 0.310 e. The molecular weight excluding hydrogens is 532 g/mol. The molecule has 0 spiro atoms. The molecule has 1 saturated heterocycles. The van der Waals surface area contributed by atoms with Crippen molar-refractivity contribution in [3.63, 3.8) is 0 Å². The first kappa shape index (κ1) is 30.1. The van der Waals surface area contributed by atoms with Crippen LogP contribution in [0.25, 0.3) is 10.9 Å². The molecule has 1 aromatic carbocycles. The van der Waals surface area contributed by atoms with Gasteiger partial charge in [-0.05, 0) is 56.6 Å². The van der Waals surface area contributed by atoms with Gasteiger partial charge in [0.25, 0.3) is 0 Å². The number of hydrogen-bond donors (Lipinski definition) is 1. The summed E-state index contributed by atoms with van der Waals surface area (Å²) in [7, 11) is 1.64. The lowest BCUT2D eigenvalue weighted by molar-refractivity contribution is -0.147. The minimum atomic E-state index is -1.07. The largest absolute Gasteiger partial charge is 0.496 e. The minimum absolute atomic E-state index is 0.0489. The number of amides is 1. The summed E-state index contributed by atoms with van der Waals surface area (Å²) in [5.74, 6) is 0.0691. The average Bonchev–Trinajstić information content (AvgIpc) is 3.49. The van der Waals surface area contributed by atoms with Gasteiger partial charge in [0.2, 0.25) is 5.91 Å². The highest BCUT2D eigenvalue weighted by Crippen LogP contribution is 2.57. The second-order valence-electron chi connectivity index (χ2n) is 12.9. The molecule has 3 aliphatic rings. The fourth-order valence-corrected chi connectivity index (χ4v) is 6.72. The van der Waals surface area contributed by atoms with Crippen LogP contribution in [0.15, 0.2) is 30.4 Å². The van der Waals surface area contributed by atoms with Crippen molar-refractivity contribution in [1.82, 2.24) is 9.88 Å². The number of Topliss-reactive ketones (excluding diaryl/α,β-unsaturated/α-hetero) is 1. The summed E-state index contributed by atoms with van der Waals surface area (Å²) < 4.78 is 12.2. The number of methoxy groups -OCH3 is 1. The standard InChI is InChI=1S/C34H44N2O6/c1-20(2)26-16-30(25-13-14-29(41-5)22(4)31(25)35-26)42-24-15-27-28(37)18-34(33(39)40)17-23(34)12-10-8-6-7-9-11-21(3)32(38)36(27)19-24/h10,12-14,16,20-21,23-24,27H,6-9,11,15,17-19H2,1-5H3,(H,39,40)/b12-10-/t21-,23+,24+,27-,34+/m0/s1. The summed E-state index contributed by atoms with van der Waals surface area (Å²) in [5.41, 5.74) is 1.55. The SMILES string of the molecule is COc1ccc2c(O[C@@H]3C[C@H]4C(=O)C[C@]5(C(=O)O)C[C@H]5/C=C\CCCCC[C@H](C)C(=O)N4C3)cc(C(C)C)nc2c1C. The third kappa shape index (κ3) is 5.77. The number of ether oxygens (including phenoxy) is 2. The number of carbonyl (C=O) groups is 3. The molecule has 1 aromatic heterocycles. The van der Waals surface area contributed by atoms with E-state index >= 15 is 0 Å². The van der Waals surface area contributed by atoms with Crippen LogP contribution in [0.5, 0.6) is 11.5 Å². The fraction of sp³-hybridized carbons (Fsp3) is 0.588. The molecule has 8 heteroatoms. The van der Waals surface area contributed by atoms with Crippen molar-refractivity contribution in [2.75, 3.05) is 13.7 Å².